The SMILES string of the molecule is Br.CCCCCC(CC)n1nnc2ccccc21. The molecule has 4 heteroatoms. The topological polar surface area (TPSA) is 30.7 Å². The number of nitrogens with zero attached hydrogens (tertiary/aromatic N) is 3. The predicted octanol–water partition coefficient (Wildman–Crippen LogP) is 4.54. The van der Waals surface area contributed by atoms with Gasteiger partial charge < -0.3 is 0 Å². The van der Waals surface area contributed by atoms with Crippen molar-refractivity contribution in [1.82, 2.24) is 15.0 Å². The summed E-state index contributed by atoms with van der Waals surface area (Å²) >= 11 is 0. The van der Waals surface area contributed by atoms with Crippen LogP contribution in [-0.4, -0.2) is 15.0 Å². The summed E-state index contributed by atoms with van der Waals surface area (Å²) in [6.07, 6.45) is 6.19. The molecule has 1 atom stereocenters. The van der Waals surface area contributed by atoms with Crippen molar-refractivity contribution < 1.29 is 0 Å². The number of fused-ring (bicyclic) bond motifs is 1. The first kappa shape index (κ1) is 15.2. The monoisotopic (exact) mass is 311 g/mol. The van der Waals surface area contributed by atoms with Gasteiger partial charge >= 0.3 is 0 Å². The molecular formula is C14H22BrN3. The average molecular weight is 312 g/mol. The van der Waals surface area contributed by atoms with E-state index in [9.17, 15) is 0 Å². The van der Waals surface area contributed by atoms with Gasteiger partial charge in [0.25, 0.3) is 0 Å². The first-order chi connectivity index (χ1) is 8.36. The van der Waals surface area contributed by atoms with E-state index in [0.717, 1.165) is 17.5 Å². The number of unbranched alkanes of at least 4 members (excludes halogenated alkanes) is 2. The van der Waals surface area contributed by atoms with Gasteiger partial charge in [-0.1, -0.05) is 50.5 Å². The van der Waals surface area contributed by atoms with E-state index in [4.69, 9.17) is 0 Å². The van der Waals surface area contributed by atoms with Gasteiger partial charge in [-0.15, -0.1) is 22.1 Å². The van der Waals surface area contributed by atoms with Gasteiger partial charge in [0.15, 0.2) is 0 Å². The summed E-state index contributed by atoms with van der Waals surface area (Å²) in [5, 5.41) is 8.54. The third-order valence-electron chi connectivity index (χ3n) is 3.34. The summed E-state index contributed by atoms with van der Waals surface area (Å²) in [7, 11) is 0. The van der Waals surface area contributed by atoms with E-state index < -0.39 is 0 Å². The highest BCUT2D eigenvalue weighted by molar-refractivity contribution is 8.93. The Hall–Kier alpha value is -0.900. The Labute approximate surface area is 119 Å². The van der Waals surface area contributed by atoms with Crippen LogP contribution in [0.25, 0.3) is 11.0 Å². The fraction of sp³-hybridized carbons (Fsp3) is 0.571. The van der Waals surface area contributed by atoms with Gasteiger partial charge in [-0.2, -0.15) is 0 Å². The Morgan fingerprint density at radius 1 is 1.17 bits per heavy atom. The quantitative estimate of drug-likeness (QED) is 0.733. The van der Waals surface area contributed by atoms with Gasteiger partial charge in [0, 0.05) is 0 Å². The van der Waals surface area contributed by atoms with Crippen LogP contribution in [0.5, 0.6) is 0 Å². The van der Waals surface area contributed by atoms with Gasteiger partial charge in [-0.3, -0.25) is 0 Å². The molecule has 2 rings (SSSR count). The van der Waals surface area contributed by atoms with Crippen LogP contribution in [0.4, 0.5) is 0 Å². The lowest BCUT2D eigenvalue weighted by molar-refractivity contribution is 0.398. The van der Waals surface area contributed by atoms with Crippen LogP contribution in [-0.2, 0) is 0 Å². The normalized spacial score (nSPS) is 12.3. The minimum absolute atomic E-state index is 0. The van der Waals surface area contributed by atoms with Gasteiger partial charge in [0.1, 0.15) is 5.52 Å². The van der Waals surface area contributed by atoms with Crippen LogP contribution in [0.15, 0.2) is 24.3 Å². The van der Waals surface area contributed by atoms with Crippen molar-refractivity contribution in [2.75, 3.05) is 0 Å². The molecule has 1 unspecified atom stereocenters. The van der Waals surface area contributed by atoms with E-state index in [2.05, 4.69) is 41.0 Å². The zero-order valence-electron chi connectivity index (χ0n) is 11.2. The van der Waals surface area contributed by atoms with E-state index >= 15 is 0 Å². The first-order valence-corrected chi connectivity index (χ1v) is 6.66. The highest BCUT2D eigenvalue weighted by Gasteiger charge is 2.12. The predicted molar refractivity (Wildman–Crippen MR) is 81.3 cm³/mol. The molecule has 0 aliphatic heterocycles. The Kier molecular flexibility index (Phi) is 6.33. The second-order valence-electron chi connectivity index (χ2n) is 4.58. The molecule has 1 aromatic heterocycles. The van der Waals surface area contributed by atoms with Crippen molar-refractivity contribution >= 4 is 28.0 Å². The van der Waals surface area contributed by atoms with Crippen LogP contribution in [0, 0.1) is 0 Å². The number of benzene rings is 1. The summed E-state index contributed by atoms with van der Waals surface area (Å²) in [5.41, 5.74) is 2.16. The molecule has 0 radical (unpaired) electrons. The van der Waals surface area contributed by atoms with Crippen LogP contribution < -0.4 is 0 Å². The van der Waals surface area contributed by atoms with Crippen LogP contribution in [0.3, 0.4) is 0 Å². The molecule has 0 fully saturated rings. The van der Waals surface area contributed by atoms with Gasteiger partial charge in [0.2, 0.25) is 0 Å². The van der Waals surface area contributed by atoms with Crippen LogP contribution in [0.2, 0.25) is 0 Å². The molecule has 3 nitrogen and oxygen atoms in total. The summed E-state index contributed by atoms with van der Waals surface area (Å²) in [5.74, 6) is 0. The Balaban J connectivity index is 0.00000162. The summed E-state index contributed by atoms with van der Waals surface area (Å²) < 4.78 is 2.10. The lowest BCUT2D eigenvalue weighted by atomic mass is 10.1. The maximum absolute atomic E-state index is 4.31. The molecule has 18 heavy (non-hydrogen) atoms. The highest BCUT2D eigenvalue weighted by Crippen LogP contribution is 2.22. The third kappa shape index (κ3) is 3.31. The maximum atomic E-state index is 4.31. The number of hydrogen-bond acceptors (Lipinski definition) is 2. The van der Waals surface area contributed by atoms with E-state index in [0.29, 0.717) is 6.04 Å². The molecule has 0 saturated carbocycles. The summed E-state index contributed by atoms with van der Waals surface area (Å²) in [6.45, 7) is 4.47. The third-order valence-corrected chi connectivity index (χ3v) is 3.34. The number of halogens is 1. The second-order valence-corrected chi connectivity index (χ2v) is 4.58. The van der Waals surface area contributed by atoms with Crippen molar-refractivity contribution in [2.45, 2.75) is 52.0 Å². The van der Waals surface area contributed by atoms with Crippen LogP contribution in [0.1, 0.15) is 52.0 Å². The van der Waals surface area contributed by atoms with Gasteiger partial charge in [0.05, 0.1) is 11.6 Å². The van der Waals surface area contributed by atoms with E-state index in [1.165, 1.54) is 25.7 Å². The van der Waals surface area contributed by atoms with E-state index in [1.807, 2.05) is 12.1 Å². The van der Waals surface area contributed by atoms with Gasteiger partial charge in [-0.25, -0.2) is 4.68 Å². The molecule has 0 saturated heterocycles. The maximum Gasteiger partial charge on any atom is 0.113 e. The van der Waals surface area contributed by atoms with Crippen molar-refractivity contribution in [3.63, 3.8) is 0 Å². The first-order valence-electron chi connectivity index (χ1n) is 6.66. The lowest BCUT2D eigenvalue weighted by Crippen LogP contribution is -2.09. The molecule has 0 spiro atoms. The Morgan fingerprint density at radius 2 is 1.94 bits per heavy atom. The van der Waals surface area contributed by atoms with Crippen molar-refractivity contribution in [1.29, 1.82) is 0 Å². The zero-order valence-corrected chi connectivity index (χ0v) is 12.9. The second kappa shape index (κ2) is 7.52. The molecule has 2 aromatic rings. The minimum Gasteiger partial charge on any atom is -0.242 e. The molecule has 0 aliphatic rings. The van der Waals surface area contributed by atoms with Crippen molar-refractivity contribution in [3.8, 4) is 0 Å². The fourth-order valence-electron chi connectivity index (χ4n) is 2.29. The molecular weight excluding hydrogens is 290 g/mol. The molecule has 100 valence electrons. The standard InChI is InChI=1S/C14H21N3.BrH/c1-3-5-6-9-12(4-2)17-14-11-8-7-10-13(14)15-16-17;/h7-8,10-12H,3-6,9H2,1-2H3;1H. The smallest absolute Gasteiger partial charge is 0.113 e. The average Bonchev–Trinajstić information content (AvgIpc) is 2.79. The number of hydrogen-bond donors (Lipinski definition) is 0. The molecule has 0 bridgehead atoms. The summed E-state index contributed by atoms with van der Waals surface area (Å²) in [6, 6.07) is 8.70. The molecule has 0 aliphatic carbocycles. The molecule has 0 amide bonds. The Morgan fingerprint density at radius 3 is 2.67 bits per heavy atom. The largest absolute Gasteiger partial charge is 0.242 e. The summed E-state index contributed by atoms with van der Waals surface area (Å²) in [4.78, 5) is 0. The number of para-hydroxylation sites is 1. The van der Waals surface area contributed by atoms with Crippen molar-refractivity contribution in [2.24, 2.45) is 0 Å². The van der Waals surface area contributed by atoms with E-state index in [1.54, 1.807) is 0 Å². The van der Waals surface area contributed by atoms with E-state index in [-0.39, 0.29) is 17.0 Å². The highest BCUT2D eigenvalue weighted by atomic mass is 79.9. The fourth-order valence-corrected chi connectivity index (χ4v) is 2.29. The zero-order chi connectivity index (χ0) is 12.1. The Bertz CT molecular complexity index is 467. The molecule has 1 heterocycles. The number of rotatable bonds is 6. The number of aromatic nitrogens is 3. The molecule has 0 N–H and O–H groups in total. The van der Waals surface area contributed by atoms with Crippen LogP contribution >= 0.6 is 17.0 Å². The van der Waals surface area contributed by atoms with Crippen molar-refractivity contribution in [3.05, 3.63) is 24.3 Å². The lowest BCUT2D eigenvalue weighted by Gasteiger charge is -2.15. The molecule has 1 aromatic carbocycles. The van der Waals surface area contributed by atoms with Gasteiger partial charge in [-0.05, 0) is 25.0 Å². The minimum atomic E-state index is 0.